The molecule has 1 N–H and O–H groups in total. The smallest absolute Gasteiger partial charge is 0.273 e. The first-order chi connectivity index (χ1) is 9.19. The molecule has 0 bridgehead atoms. The number of nitrogens with zero attached hydrogens (tertiary/aromatic N) is 1. The number of benzene rings is 1. The number of hydrogen-bond donors (Lipinski definition) is 1. The minimum Gasteiger partial charge on any atom is -0.383 e. The molecule has 0 fully saturated rings. The lowest BCUT2D eigenvalue weighted by atomic mass is 10.2. The van der Waals surface area contributed by atoms with Crippen LogP contribution >= 0.6 is 11.3 Å². The predicted octanol–water partition coefficient (Wildman–Crippen LogP) is 2.76. The van der Waals surface area contributed by atoms with Crippen LogP contribution in [0, 0.1) is 0 Å². The number of hydrogen-bond acceptors (Lipinski definition) is 4. The summed E-state index contributed by atoms with van der Waals surface area (Å²) in [6, 6.07) is 11.0. The molecule has 0 saturated carbocycles. The lowest BCUT2D eigenvalue weighted by Gasteiger charge is -2.23. The molecule has 0 saturated heterocycles. The Bertz CT molecular complexity index is 666. The first-order valence-electron chi connectivity index (χ1n) is 6.09. The maximum Gasteiger partial charge on any atom is 0.273 e. The summed E-state index contributed by atoms with van der Waals surface area (Å²) in [6.45, 7) is 1.29. The number of fused-ring (bicyclic) bond motifs is 1. The second kappa shape index (κ2) is 4.86. The largest absolute Gasteiger partial charge is 0.383 e. The number of para-hydroxylation sites is 2. The molecule has 19 heavy (non-hydrogen) atoms. The van der Waals surface area contributed by atoms with Crippen molar-refractivity contribution >= 4 is 32.7 Å². The number of rotatable bonds is 2. The molecule has 0 aliphatic carbocycles. The fourth-order valence-corrected chi connectivity index (χ4v) is 4.80. The minimum atomic E-state index is -3.44. The van der Waals surface area contributed by atoms with E-state index >= 15 is 0 Å². The molecule has 0 spiro atoms. The van der Waals surface area contributed by atoms with Crippen LogP contribution in [0.25, 0.3) is 0 Å². The van der Waals surface area contributed by atoms with Gasteiger partial charge in [0, 0.05) is 13.1 Å². The van der Waals surface area contributed by atoms with Gasteiger partial charge in [-0.2, -0.15) is 0 Å². The van der Waals surface area contributed by atoms with Crippen LogP contribution < -0.4 is 9.62 Å². The summed E-state index contributed by atoms with van der Waals surface area (Å²) in [6.07, 6.45) is 0.791. The van der Waals surface area contributed by atoms with Gasteiger partial charge in [0.2, 0.25) is 0 Å². The monoisotopic (exact) mass is 294 g/mol. The van der Waals surface area contributed by atoms with E-state index < -0.39 is 10.0 Å². The highest BCUT2D eigenvalue weighted by Crippen LogP contribution is 2.33. The van der Waals surface area contributed by atoms with Gasteiger partial charge in [0.1, 0.15) is 4.21 Å². The van der Waals surface area contributed by atoms with Gasteiger partial charge in [-0.15, -0.1) is 11.3 Å². The molecule has 4 nitrogen and oxygen atoms in total. The maximum atomic E-state index is 12.7. The number of sulfonamides is 1. The Hall–Kier alpha value is -1.53. The standard InChI is InChI=1S/C13H14N2O2S2/c16-19(17,13-7-3-10-18-13)15-9-4-8-14-11-5-1-2-6-12(11)15/h1-3,5-7,10,14H,4,8-9H2. The zero-order valence-corrected chi connectivity index (χ0v) is 11.9. The summed E-state index contributed by atoms with van der Waals surface area (Å²) < 4.78 is 27.2. The van der Waals surface area contributed by atoms with E-state index in [0.29, 0.717) is 10.8 Å². The fraction of sp³-hybridized carbons (Fsp3) is 0.231. The van der Waals surface area contributed by atoms with Crippen molar-refractivity contribution in [2.75, 3.05) is 22.7 Å². The van der Waals surface area contributed by atoms with Crippen molar-refractivity contribution in [2.45, 2.75) is 10.6 Å². The van der Waals surface area contributed by atoms with Crippen LogP contribution in [-0.2, 0) is 10.0 Å². The van der Waals surface area contributed by atoms with E-state index in [9.17, 15) is 8.42 Å². The highest BCUT2D eigenvalue weighted by molar-refractivity contribution is 7.94. The van der Waals surface area contributed by atoms with Gasteiger partial charge in [-0.05, 0) is 30.0 Å². The van der Waals surface area contributed by atoms with Crippen molar-refractivity contribution in [3.63, 3.8) is 0 Å². The van der Waals surface area contributed by atoms with Crippen molar-refractivity contribution in [1.29, 1.82) is 0 Å². The molecule has 3 rings (SSSR count). The lowest BCUT2D eigenvalue weighted by Crippen LogP contribution is -2.31. The highest BCUT2D eigenvalue weighted by atomic mass is 32.2. The van der Waals surface area contributed by atoms with Gasteiger partial charge in [0.25, 0.3) is 10.0 Å². The van der Waals surface area contributed by atoms with E-state index in [2.05, 4.69) is 5.32 Å². The molecule has 1 aromatic heterocycles. The zero-order valence-electron chi connectivity index (χ0n) is 10.2. The summed E-state index contributed by atoms with van der Waals surface area (Å²) >= 11 is 1.25. The molecule has 6 heteroatoms. The topological polar surface area (TPSA) is 49.4 Å². The quantitative estimate of drug-likeness (QED) is 0.926. The molecule has 0 amide bonds. The number of nitrogens with one attached hydrogen (secondary N) is 1. The van der Waals surface area contributed by atoms with Crippen LogP contribution in [0.1, 0.15) is 6.42 Å². The molecule has 1 aliphatic rings. The third-order valence-corrected chi connectivity index (χ3v) is 6.25. The van der Waals surface area contributed by atoms with Crippen molar-refractivity contribution in [1.82, 2.24) is 0 Å². The van der Waals surface area contributed by atoms with Gasteiger partial charge in [-0.3, -0.25) is 4.31 Å². The van der Waals surface area contributed by atoms with E-state index in [-0.39, 0.29) is 0 Å². The van der Waals surface area contributed by atoms with Gasteiger partial charge in [-0.25, -0.2) is 8.42 Å². The van der Waals surface area contributed by atoms with Gasteiger partial charge in [0.15, 0.2) is 0 Å². The summed E-state index contributed by atoms with van der Waals surface area (Å²) in [4.78, 5) is 0. The molecule has 2 aromatic rings. The molecule has 2 heterocycles. The van der Waals surface area contributed by atoms with Crippen LogP contribution in [0.5, 0.6) is 0 Å². The molecule has 1 aromatic carbocycles. The molecule has 0 atom stereocenters. The summed E-state index contributed by atoms with van der Waals surface area (Å²) in [5.41, 5.74) is 1.61. The van der Waals surface area contributed by atoms with Crippen LogP contribution in [0.15, 0.2) is 46.0 Å². The van der Waals surface area contributed by atoms with Crippen LogP contribution in [0.2, 0.25) is 0 Å². The van der Waals surface area contributed by atoms with Crippen molar-refractivity contribution < 1.29 is 8.42 Å². The van der Waals surface area contributed by atoms with Gasteiger partial charge >= 0.3 is 0 Å². The van der Waals surface area contributed by atoms with Crippen molar-refractivity contribution in [3.05, 3.63) is 41.8 Å². The molecular formula is C13H14N2O2S2. The second-order valence-electron chi connectivity index (χ2n) is 4.31. The maximum absolute atomic E-state index is 12.7. The molecule has 0 radical (unpaired) electrons. The number of anilines is 2. The molecule has 0 unspecified atom stereocenters. The zero-order chi connectivity index (χ0) is 13.3. The lowest BCUT2D eigenvalue weighted by molar-refractivity contribution is 0.592. The summed E-state index contributed by atoms with van der Waals surface area (Å²) in [5.74, 6) is 0. The van der Waals surface area contributed by atoms with E-state index in [1.807, 2.05) is 24.3 Å². The van der Waals surface area contributed by atoms with Crippen molar-refractivity contribution in [2.24, 2.45) is 0 Å². The fourth-order valence-electron chi connectivity index (χ4n) is 2.18. The van der Waals surface area contributed by atoms with E-state index in [4.69, 9.17) is 0 Å². The average molecular weight is 294 g/mol. The Morgan fingerprint density at radius 3 is 2.79 bits per heavy atom. The SMILES string of the molecule is O=S(=O)(c1cccs1)N1CCCNc2ccccc21. The Morgan fingerprint density at radius 1 is 1.16 bits per heavy atom. The average Bonchev–Trinajstić information content (AvgIpc) is 2.86. The predicted molar refractivity (Wildman–Crippen MR) is 78.4 cm³/mol. The van der Waals surface area contributed by atoms with Crippen LogP contribution in [-0.4, -0.2) is 21.5 Å². The van der Waals surface area contributed by atoms with Gasteiger partial charge in [0.05, 0.1) is 11.4 Å². The molecular weight excluding hydrogens is 280 g/mol. The Balaban J connectivity index is 2.10. The Morgan fingerprint density at radius 2 is 2.00 bits per heavy atom. The minimum absolute atomic E-state index is 0.393. The summed E-state index contributed by atoms with van der Waals surface area (Å²) in [7, 11) is -3.44. The normalized spacial score (nSPS) is 15.5. The molecule has 1 aliphatic heterocycles. The van der Waals surface area contributed by atoms with E-state index in [1.165, 1.54) is 15.6 Å². The second-order valence-corrected chi connectivity index (χ2v) is 7.34. The van der Waals surface area contributed by atoms with Crippen molar-refractivity contribution in [3.8, 4) is 0 Å². The van der Waals surface area contributed by atoms with E-state index in [0.717, 1.165) is 24.3 Å². The third kappa shape index (κ3) is 2.21. The first-order valence-corrected chi connectivity index (χ1v) is 8.41. The van der Waals surface area contributed by atoms with Gasteiger partial charge < -0.3 is 5.32 Å². The first kappa shape index (κ1) is 12.5. The Labute approximate surface area is 116 Å². The highest BCUT2D eigenvalue weighted by Gasteiger charge is 2.28. The summed E-state index contributed by atoms with van der Waals surface area (Å²) in [5, 5.41) is 5.06. The van der Waals surface area contributed by atoms with Crippen LogP contribution in [0.4, 0.5) is 11.4 Å². The molecule has 100 valence electrons. The third-order valence-electron chi connectivity index (χ3n) is 3.07. The number of thiophene rings is 1. The Kier molecular flexibility index (Phi) is 3.20. The van der Waals surface area contributed by atoms with Gasteiger partial charge in [-0.1, -0.05) is 18.2 Å². The van der Waals surface area contributed by atoms with E-state index in [1.54, 1.807) is 17.5 Å². The van der Waals surface area contributed by atoms with Crippen LogP contribution in [0.3, 0.4) is 0 Å².